The summed E-state index contributed by atoms with van der Waals surface area (Å²) in [6.07, 6.45) is 3.59. The third-order valence-electron chi connectivity index (χ3n) is 6.31. The van der Waals surface area contributed by atoms with Crippen LogP contribution in [0.3, 0.4) is 0 Å². The van der Waals surface area contributed by atoms with E-state index in [1.807, 2.05) is 20.9 Å². The molecule has 3 aliphatic carbocycles. The molecule has 7 nitrogen and oxygen atoms in total. The highest BCUT2D eigenvalue weighted by Crippen LogP contribution is 2.67. The molecular weight excluding hydrogens is 399 g/mol. The van der Waals surface area contributed by atoms with Crippen LogP contribution in [0.2, 0.25) is 0 Å². The molecule has 31 heavy (non-hydrogen) atoms. The van der Waals surface area contributed by atoms with Crippen LogP contribution in [0.5, 0.6) is 5.75 Å². The Morgan fingerprint density at radius 3 is 2.68 bits per heavy atom. The fourth-order valence-electron chi connectivity index (χ4n) is 4.73. The van der Waals surface area contributed by atoms with Crippen LogP contribution in [0.4, 0.5) is 4.39 Å². The van der Waals surface area contributed by atoms with Gasteiger partial charge in [-0.05, 0) is 38.4 Å². The second-order valence-corrected chi connectivity index (χ2v) is 8.48. The van der Waals surface area contributed by atoms with Crippen molar-refractivity contribution in [2.75, 3.05) is 33.3 Å². The van der Waals surface area contributed by atoms with Crippen LogP contribution in [0.25, 0.3) is 6.08 Å². The zero-order valence-corrected chi connectivity index (χ0v) is 18.6. The standard InChI is InChI=1S/C21H27FN4O3.C2H6.2H2/c1-3-14-4-5-15(8-16(14)22)29-10-18(27)25-21-11-20(12-21,13-21)19(28)24-9-17-23-6-7-26(17)2;1-2;;/h3-5,8,17,23H,1,6-7,9-13H2,2H3,(H,24,28)(H,25,27);1-2H3;2*1H. The Hall–Kier alpha value is -2.45. The summed E-state index contributed by atoms with van der Waals surface area (Å²) in [5.74, 6) is -0.333. The molecule has 8 heteroatoms. The van der Waals surface area contributed by atoms with Gasteiger partial charge < -0.3 is 15.4 Å². The fourth-order valence-corrected chi connectivity index (χ4v) is 4.73. The second-order valence-electron chi connectivity index (χ2n) is 8.48. The fraction of sp³-hybridized carbons (Fsp3) is 0.565. The predicted octanol–water partition coefficient (Wildman–Crippen LogP) is 2.38. The van der Waals surface area contributed by atoms with Gasteiger partial charge in [-0.1, -0.05) is 26.5 Å². The number of hydrogen-bond donors (Lipinski definition) is 3. The first-order valence-corrected chi connectivity index (χ1v) is 10.9. The van der Waals surface area contributed by atoms with E-state index >= 15 is 0 Å². The molecule has 1 aromatic carbocycles. The number of benzene rings is 1. The van der Waals surface area contributed by atoms with Crippen LogP contribution in [-0.2, 0) is 9.59 Å². The minimum atomic E-state index is -0.440. The van der Waals surface area contributed by atoms with Gasteiger partial charge in [-0.25, -0.2) is 4.39 Å². The molecule has 174 valence electrons. The smallest absolute Gasteiger partial charge is 0.258 e. The number of carbonyl (C=O) groups excluding carboxylic acids is 2. The third kappa shape index (κ3) is 4.75. The van der Waals surface area contributed by atoms with E-state index in [-0.39, 0.29) is 38.4 Å². The quantitative estimate of drug-likeness (QED) is 0.583. The normalized spacial score (nSPS) is 28.3. The maximum Gasteiger partial charge on any atom is 0.258 e. The van der Waals surface area contributed by atoms with Crippen molar-refractivity contribution in [1.82, 2.24) is 20.9 Å². The minimum Gasteiger partial charge on any atom is -0.484 e. The van der Waals surface area contributed by atoms with Crippen molar-refractivity contribution in [3.63, 3.8) is 0 Å². The van der Waals surface area contributed by atoms with E-state index in [2.05, 4.69) is 27.4 Å². The maximum absolute atomic E-state index is 13.7. The van der Waals surface area contributed by atoms with Crippen LogP contribution in [-0.4, -0.2) is 61.7 Å². The van der Waals surface area contributed by atoms with Gasteiger partial charge in [0.2, 0.25) is 5.91 Å². The number of amides is 2. The van der Waals surface area contributed by atoms with E-state index < -0.39 is 5.82 Å². The summed E-state index contributed by atoms with van der Waals surface area (Å²) < 4.78 is 19.1. The number of ether oxygens (including phenoxy) is 1. The number of carbonyl (C=O) groups is 2. The Labute approximate surface area is 186 Å². The first kappa shape index (κ1) is 23.2. The molecule has 2 amide bonds. The monoisotopic (exact) mass is 436 g/mol. The van der Waals surface area contributed by atoms with Gasteiger partial charge in [0.25, 0.3) is 5.91 Å². The number of rotatable bonds is 8. The van der Waals surface area contributed by atoms with Crippen molar-refractivity contribution >= 4 is 17.9 Å². The summed E-state index contributed by atoms with van der Waals surface area (Å²) in [7, 11) is 2.03. The van der Waals surface area contributed by atoms with Crippen LogP contribution < -0.4 is 20.7 Å². The molecule has 0 spiro atoms. The number of likely N-dealkylation sites (N-methyl/N-ethyl adjacent to an activating group) is 1. The van der Waals surface area contributed by atoms with Crippen LogP contribution in [0.15, 0.2) is 24.8 Å². The highest BCUT2D eigenvalue weighted by atomic mass is 19.1. The Balaban J connectivity index is 0.00000133. The van der Waals surface area contributed by atoms with Gasteiger partial charge in [0, 0.05) is 39.7 Å². The van der Waals surface area contributed by atoms with Crippen molar-refractivity contribution in [2.45, 2.75) is 44.8 Å². The van der Waals surface area contributed by atoms with Gasteiger partial charge in [-0.2, -0.15) is 0 Å². The van der Waals surface area contributed by atoms with Crippen LogP contribution in [0.1, 0.15) is 41.5 Å². The SMILES string of the molecule is C=Cc1ccc(OCC(=O)NC23CC(C(=O)NCC4NCCN4C)(C2)C3)cc1F.CC.[HH].[HH]. The van der Waals surface area contributed by atoms with E-state index in [4.69, 9.17) is 4.74 Å². The van der Waals surface area contributed by atoms with Gasteiger partial charge in [0.05, 0.1) is 11.6 Å². The van der Waals surface area contributed by atoms with E-state index in [0.717, 1.165) is 13.1 Å². The average molecular weight is 437 g/mol. The molecule has 3 saturated carbocycles. The Bertz CT molecular complexity index is 835. The summed E-state index contributed by atoms with van der Waals surface area (Å²) in [5, 5.41) is 9.36. The van der Waals surface area contributed by atoms with Gasteiger partial charge in [0.1, 0.15) is 11.6 Å². The highest BCUT2D eigenvalue weighted by molar-refractivity contribution is 5.89. The molecule has 3 N–H and O–H groups in total. The number of nitrogens with zero attached hydrogens (tertiary/aromatic N) is 1. The molecule has 1 aromatic rings. The van der Waals surface area contributed by atoms with E-state index in [1.165, 1.54) is 12.1 Å². The lowest BCUT2D eigenvalue weighted by Crippen LogP contribution is -2.78. The predicted molar refractivity (Wildman–Crippen MR) is 122 cm³/mol. The number of halogens is 1. The summed E-state index contributed by atoms with van der Waals surface area (Å²) in [6, 6.07) is 4.39. The van der Waals surface area contributed by atoms with Gasteiger partial charge in [-0.15, -0.1) is 0 Å². The molecule has 0 aromatic heterocycles. The molecule has 4 aliphatic rings. The maximum atomic E-state index is 13.7. The third-order valence-corrected chi connectivity index (χ3v) is 6.31. The Kier molecular flexibility index (Phi) is 7.01. The van der Waals surface area contributed by atoms with E-state index in [0.29, 0.717) is 37.1 Å². The highest BCUT2D eigenvalue weighted by Gasteiger charge is 2.72. The number of nitrogens with one attached hydrogen (secondary N) is 3. The van der Waals surface area contributed by atoms with Crippen LogP contribution >= 0.6 is 0 Å². The molecule has 1 unspecified atom stereocenters. The Morgan fingerprint density at radius 1 is 1.39 bits per heavy atom. The van der Waals surface area contributed by atoms with Crippen molar-refractivity contribution in [1.29, 1.82) is 0 Å². The van der Waals surface area contributed by atoms with E-state index in [9.17, 15) is 14.0 Å². The molecular formula is C23H37FN4O3. The topological polar surface area (TPSA) is 82.7 Å². The summed E-state index contributed by atoms with van der Waals surface area (Å²) >= 11 is 0. The van der Waals surface area contributed by atoms with Gasteiger partial charge >= 0.3 is 0 Å². The molecule has 5 rings (SSSR count). The lowest BCUT2D eigenvalue weighted by atomic mass is 9.39. The molecule has 1 aliphatic heterocycles. The molecule has 4 fully saturated rings. The Morgan fingerprint density at radius 2 is 2.10 bits per heavy atom. The molecule has 0 radical (unpaired) electrons. The first-order valence-electron chi connectivity index (χ1n) is 10.9. The average Bonchev–Trinajstić information content (AvgIpc) is 3.12. The lowest BCUT2D eigenvalue weighted by Gasteiger charge is -2.69. The molecule has 1 atom stereocenters. The van der Waals surface area contributed by atoms with Crippen molar-refractivity contribution in [2.24, 2.45) is 5.41 Å². The van der Waals surface area contributed by atoms with Gasteiger partial charge in [0.15, 0.2) is 6.61 Å². The summed E-state index contributed by atoms with van der Waals surface area (Å²) in [6.45, 7) is 9.85. The summed E-state index contributed by atoms with van der Waals surface area (Å²) in [4.78, 5) is 26.9. The van der Waals surface area contributed by atoms with Crippen molar-refractivity contribution in [3.8, 4) is 5.75 Å². The largest absolute Gasteiger partial charge is 0.484 e. The lowest BCUT2D eigenvalue weighted by molar-refractivity contribution is -0.184. The molecule has 1 saturated heterocycles. The number of hydrogen-bond acceptors (Lipinski definition) is 5. The van der Waals surface area contributed by atoms with E-state index in [1.54, 1.807) is 12.1 Å². The molecule has 1 heterocycles. The van der Waals surface area contributed by atoms with Crippen LogP contribution in [0, 0.1) is 11.2 Å². The zero-order chi connectivity index (χ0) is 22.6. The molecule has 2 bridgehead atoms. The van der Waals surface area contributed by atoms with Gasteiger partial charge in [-0.3, -0.25) is 19.8 Å². The first-order chi connectivity index (χ1) is 14.8. The van der Waals surface area contributed by atoms with Crippen molar-refractivity contribution in [3.05, 3.63) is 36.2 Å². The minimum absolute atomic E-state index is 0. The second kappa shape index (κ2) is 9.36. The zero-order valence-electron chi connectivity index (χ0n) is 18.6. The van der Waals surface area contributed by atoms with Crippen molar-refractivity contribution < 1.29 is 21.6 Å². The summed E-state index contributed by atoms with van der Waals surface area (Å²) in [5.41, 5.74) is -0.248.